The lowest BCUT2D eigenvalue weighted by molar-refractivity contribution is 0.183. The van der Waals surface area contributed by atoms with E-state index in [1.165, 1.54) is 11.7 Å². The van der Waals surface area contributed by atoms with Gasteiger partial charge in [-0.1, -0.05) is 0 Å². The van der Waals surface area contributed by atoms with Gasteiger partial charge in [0.2, 0.25) is 0 Å². The third kappa shape index (κ3) is 2.77. The van der Waals surface area contributed by atoms with Crippen LogP contribution in [0.4, 0.5) is 8.78 Å². The summed E-state index contributed by atoms with van der Waals surface area (Å²) in [6, 6.07) is 3.10. The molecule has 0 fully saturated rings. The van der Waals surface area contributed by atoms with E-state index in [2.05, 4.69) is 10.2 Å². The molecule has 0 spiro atoms. The van der Waals surface area contributed by atoms with Crippen LogP contribution in [0.15, 0.2) is 18.2 Å². The molecule has 0 aliphatic rings. The van der Waals surface area contributed by atoms with Crippen LogP contribution in [0.1, 0.15) is 5.82 Å². The van der Waals surface area contributed by atoms with E-state index in [-0.39, 0.29) is 23.8 Å². The molecule has 0 amide bonds. The lowest BCUT2D eigenvalue weighted by Gasteiger charge is -2.09. The SMILES string of the molecule is COCCn1c(CO)nnc1-c1cc(F)ccc1F. The van der Waals surface area contributed by atoms with Gasteiger partial charge in [-0.2, -0.15) is 0 Å². The Labute approximate surface area is 108 Å². The summed E-state index contributed by atoms with van der Waals surface area (Å²) < 4.78 is 33.4. The third-order valence-corrected chi connectivity index (χ3v) is 2.66. The van der Waals surface area contributed by atoms with Crippen molar-refractivity contribution in [3.8, 4) is 11.4 Å². The standard InChI is InChI=1S/C12H13F2N3O2/c1-19-5-4-17-11(7-18)15-16-12(17)9-6-8(13)2-3-10(9)14/h2-3,6,18H,4-5,7H2,1H3. The molecule has 1 heterocycles. The monoisotopic (exact) mass is 269 g/mol. The van der Waals surface area contributed by atoms with E-state index in [0.29, 0.717) is 13.2 Å². The first-order valence-electron chi connectivity index (χ1n) is 5.64. The molecule has 0 saturated heterocycles. The molecule has 0 saturated carbocycles. The molecule has 2 rings (SSSR count). The number of benzene rings is 1. The Morgan fingerprint density at radius 3 is 2.79 bits per heavy atom. The van der Waals surface area contributed by atoms with Crippen LogP contribution in [-0.4, -0.2) is 33.6 Å². The number of nitrogens with zero attached hydrogens (tertiary/aromatic N) is 3. The lowest BCUT2D eigenvalue weighted by atomic mass is 10.2. The predicted octanol–water partition coefficient (Wildman–Crippen LogP) is 1.36. The molecule has 1 aromatic carbocycles. The molecule has 0 aliphatic heterocycles. The molecule has 0 aliphatic carbocycles. The van der Waals surface area contributed by atoms with Gasteiger partial charge in [-0.15, -0.1) is 10.2 Å². The Kier molecular flexibility index (Phi) is 4.18. The van der Waals surface area contributed by atoms with Gasteiger partial charge in [-0.25, -0.2) is 8.78 Å². The topological polar surface area (TPSA) is 60.2 Å². The smallest absolute Gasteiger partial charge is 0.167 e. The van der Waals surface area contributed by atoms with Gasteiger partial charge >= 0.3 is 0 Å². The summed E-state index contributed by atoms with van der Waals surface area (Å²) in [5.74, 6) is -0.728. The summed E-state index contributed by atoms with van der Waals surface area (Å²) in [7, 11) is 1.52. The van der Waals surface area contributed by atoms with Crippen LogP contribution in [0.3, 0.4) is 0 Å². The zero-order chi connectivity index (χ0) is 13.8. The Morgan fingerprint density at radius 2 is 2.11 bits per heavy atom. The van der Waals surface area contributed by atoms with Gasteiger partial charge in [-0.05, 0) is 18.2 Å². The van der Waals surface area contributed by atoms with Crippen molar-refractivity contribution in [3.63, 3.8) is 0 Å². The first kappa shape index (κ1) is 13.6. The molecule has 1 N–H and O–H groups in total. The normalized spacial score (nSPS) is 10.9. The quantitative estimate of drug-likeness (QED) is 0.890. The number of aliphatic hydroxyl groups excluding tert-OH is 1. The average Bonchev–Trinajstić information content (AvgIpc) is 2.81. The first-order valence-corrected chi connectivity index (χ1v) is 5.64. The van der Waals surface area contributed by atoms with E-state index >= 15 is 0 Å². The van der Waals surface area contributed by atoms with Crippen LogP contribution < -0.4 is 0 Å². The number of hydrogen-bond donors (Lipinski definition) is 1. The van der Waals surface area contributed by atoms with E-state index < -0.39 is 11.6 Å². The predicted molar refractivity (Wildman–Crippen MR) is 63.2 cm³/mol. The van der Waals surface area contributed by atoms with Crippen molar-refractivity contribution in [1.82, 2.24) is 14.8 Å². The minimum Gasteiger partial charge on any atom is -0.388 e. The molecule has 19 heavy (non-hydrogen) atoms. The number of aliphatic hydroxyl groups is 1. The van der Waals surface area contributed by atoms with Crippen molar-refractivity contribution in [1.29, 1.82) is 0 Å². The molecule has 0 radical (unpaired) electrons. The van der Waals surface area contributed by atoms with Crippen molar-refractivity contribution >= 4 is 0 Å². The highest BCUT2D eigenvalue weighted by Gasteiger charge is 2.17. The molecule has 1 aromatic heterocycles. The molecular weight excluding hydrogens is 256 g/mol. The van der Waals surface area contributed by atoms with Crippen molar-refractivity contribution in [2.24, 2.45) is 0 Å². The number of aromatic nitrogens is 3. The number of rotatable bonds is 5. The van der Waals surface area contributed by atoms with Crippen molar-refractivity contribution < 1.29 is 18.6 Å². The van der Waals surface area contributed by atoms with Gasteiger partial charge < -0.3 is 14.4 Å². The Bertz CT molecular complexity index is 572. The van der Waals surface area contributed by atoms with Crippen molar-refractivity contribution in [2.75, 3.05) is 13.7 Å². The Morgan fingerprint density at radius 1 is 1.32 bits per heavy atom. The van der Waals surface area contributed by atoms with Gasteiger partial charge in [0.25, 0.3) is 0 Å². The summed E-state index contributed by atoms with van der Waals surface area (Å²) in [6.07, 6.45) is 0. The highest BCUT2D eigenvalue weighted by molar-refractivity contribution is 5.56. The fourth-order valence-electron chi connectivity index (χ4n) is 1.74. The second kappa shape index (κ2) is 5.85. The van der Waals surface area contributed by atoms with E-state index in [1.54, 1.807) is 0 Å². The van der Waals surface area contributed by atoms with Gasteiger partial charge in [0.1, 0.15) is 18.2 Å². The maximum absolute atomic E-state index is 13.7. The second-order valence-electron chi connectivity index (χ2n) is 3.87. The minimum absolute atomic E-state index is 0.00306. The van der Waals surface area contributed by atoms with Crippen LogP contribution in [0.25, 0.3) is 11.4 Å². The summed E-state index contributed by atoms with van der Waals surface area (Å²) in [5.41, 5.74) is 0.00306. The fraction of sp³-hybridized carbons (Fsp3) is 0.333. The lowest BCUT2D eigenvalue weighted by Crippen LogP contribution is -2.10. The number of ether oxygens (including phenoxy) is 1. The van der Waals surface area contributed by atoms with E-state index in [4.69, 9.17) is 9.84 Å². The third-order valence-electron chi connectivity index (χ3n) is 2.66. The molecule has 7 heteroatoms. The zero-order valence-corrected chi connectivity index (χ0v) is 10.3. The Hall–Kier alpha value is -1.86. The molecule has 102 valence electrons. The van der Waals surface area contributed by atoms with Crippen LogP contribution in [-0.2, 0) is 17.9 Å². The molecule has 0 bridgehead atoms. The summed E-state index contributed by atoms with van der Waals surface area (Å²) in [6.45, 7) is 0.341. The van der Waals surface area contributed by atoms with E-state index in [9.17, 15) is 8.78 Å². The largest absolute Gasteiger partial charge is 0.388 e. The Balaban J connectivity index is 2.49. The van der Waals surface area contributed by atoms with Gasteiger partial charge in [0, 0.05) is 13.7 Å². The summed E-state index contributed by atoms with van der Waals surface area (Å²) >= 11 is 0. The van der Waals surface area contributed by atoms with Crippen LogP contribution in [0, 0.1) is 11.6 Å². The molecule has 2 aromatic rings. The van der Waals surface area contributed by atoms with Crippen LogP contribution >= 0.6 is 0 Å². The minimum atomic E-state index is -0.600. The van der Waals surface area contributed by atoms with Gasteiger partial charge in [0.15, 0.2) is 11.6 Å². The van der Waals surface area contributed by atoms with Crippen molar-refractivity contribution in [2.45, 2.75) is 13.2 Å². The highest BCUT2D eigenvalue weighted by atomic mass is 19.1. The van der Waals surface area contributed by atoms with Crippen molar-refractivity contribution in [3.05, 3.63) is 35.7 Å². The van der Waals surface area contributed by atoms with Crippen LogP contribution in [0.5, 0.6) is 0 Å². The fourth-order valence-corrected chi connectivity index (χ4v) is 1.74. The maximum Gasteiger partial charge on any atom is 0.167 e. The maximum atomic E-state index is 13.7. The summed E-state index contributed by atoms with van der Waals surface area (Å²) in [5, 5.41) is 16.7. The van der Waals surface area contributed by atoms with E-state index in [0.717, 1.165) is 18.2 Å². The second-order valence-corrected chi connectivity index (χ2v) is 3.87. The molecular formula is C12H13F2N3O2. The average molecular weight is 269 g/mol. The first-order chi connectivity index (χ1) is 9.17. The zero-order valence-electron chi connectivity index (χ0n) is 10.3. The summed E-state index contributed by atoms with van der Waals surface area (Å²) in [4.78, 5) is 0. The van der Waals surface area contributed by atoms with E-state index in [1.807, 2.05) is 0 Å². The molecule has 0 unspecified atom stereocenters. The number of halogens is 2. The van der Waals surface area contributed by atoms with Gasteiger partial charge in [-0.3, -0.25) is 0 Å². The number of methoxy groups -OCH3 is 1. The highest BCUT2D eigenvalue weighted by Crippen LogP contribution is 2.23. The molecule has 0 atom stereocenters. The number of hydrogen-bond acceptors (Lipinski definition) is 4. The van der Waals surface area contributed by atoms with Crippen LogP contribution in [0.2, 0.25) is 0 Å². The van der Waals surface area contributed by atoms with Gasteiger partial charge in [0.05, 0.1) is 12.2 Å². The molecule has 5 nitrogen and oxygen atoms in total.